The molecule has 0 heterocycles. The van der Waals surface area contributed by atoms with Gasteiger partial charge in [0.25, 0.3) is 0 Å². The van der Waals surface area contributed by atoms with Gasteiger partial charge in [0.1, 0.15) is 0 Å². The lowest BCUT2D eigenvalue weighted by Gasteiger charge is -2.25. The van der Waals surface area contributed by atoms with Gasteiger partial charge in [0.15, 0.2) is 0 Å². The smallest absolute Gasteiger partial charge is 0.00972 e. The summed E-state index contributed by atoms with van der Waals surface area (Å²) in [6, 6.07) is 0. The van der Waals surface area contributed by atoms with Crippen molar-refractivity contribution in [3.05, 3.63) is 12.2 Å². The van der Waals surface area contributed by atoms with Gasteiger partial charge in [0.05, 0.1) is 0 Å². The van der Waals surface area contributed by atoms with E-state index in [9.17, 15) is 0 Å². The van der Waals surface area contributed by atoms with E-state index in [4.69, 9.17) is 5.73 Å². The normalized spacial score (nSPS) is 29.2. The Morgan fingerprint density at radius 1 is 1.46 bits per heavy atom. The lowest BCUT2D eigenvalue weighted by atomic mass is 9.83. The first kappa shape index (κ1) is 10.8. The minimum atomic E-state index is 0.00846. The van der Waals surface area contributed by atoms with Crippen LogP contribution >= 0.6 is 0 Å². The highest BCUT2D eigenvalue weighted by Crippen LogP contribution is 2.27. The number of rotatable bonds is 3. The van der Waals surface area contributed by atoms with Crippen LogP contribution in [0.3, 0.4) is 0 Å². The molecule has 2 N–H and O–H groups in total. The summed E-state index contributed by atoms with van der Waals surface area (Å²) in [6.45, 7) is 6.57. The quantitative estimate of drug-likeness (QED) is 0.665. The zero-order valence-electron chi connectivity index (χ0n) is 9.22. The summed E-state index contributed by atoms with van der Waals surface area (Å²) in [6.07, 6.45) is 9.72. The standard InChI is InChI=1S/C12H23N/c1-10-5-4-6-11(9-10)7-8-12(2,3)13/h4,6,10-11H,5,7-9,13H2,1-3H3. The summed E-state index contributed by atoms with van der Waals surface area (Å²) < 4.78 is 0. The summed E-state index contributed by atoms with van der Waals surface area (Å²) in [5, 5.41) is 0. The molecule has 0 amide bonds. The average molecular weight is 181 g/mol. The molecule has 0 saturated carbocycles. The molecule has 0 radical (unpaired) electrons. The highest BCUT2D eigenvalue weighted by Gasteiger charge is 2.17. The van der Waals surface area contributed by atoms with Crippen molar-refractivity contribution < 1.29 is 0 Å². The van der Waals surface area contributed by atoms with Crippen molar-refractivity contribution in [2.45, 2.75) is 52.0 Å². The van der Waals surface area contributed by atoms with Crippen LogP contribution < -0.4 is 5.73 Å². The van der Waals surface area contributed by atoms with Gasteiger partial charge in [-0.05, 0) is 51.4 Å². The minimum Gasteiger partial charge on any atom is -0.326 e. The third-order valence-corrected chi connectivity index (χ3v) is 2.81. The maximum absolute atomic E-state index is 5.96. The molecule has 0 saturated heterocycles. The number of hydrogen-bond acceptors (Lipinski definition) is 1. The SMILES string of the molecule is CC1CC=CC(CCC(C)(C)N)C1. The monoisotopic (exact) mass is 181 g/mol. The van der Waals surface area contributed by atoms with Crippen molar-refractivity contribution in [2.75, 3.05) is 0 Å². The predicted molar refractivity (Wildman–Crippen MR) is 58.5 cm³/mol. The van der Waals surface area contributed by atoms with E-state index in [0.717, 1.165) is 18.3 Å². The zero-order valence-corrected chi connectivity index (χ0v) is 9.22. The summed E-state index contributed by atoms with van der Waals surface area (Å²) in [7, 11) is 0. The first-order chi connectivity index (χ1) is 5.97. The summed E-state index contributed by atoms with van der Waals surface area (Å²) in [5.74, 6) is 1.66. The Morgan fingerprint density at radius 3 is 2.69 bits per heavy atom. The van der Waals surface area contributed by atoms with Crippen molar-refractivity contribution >= 4 is 0 Å². The van der Waals surface area contributed by atoms with Crippen LogP contribution in [0, 0.1) is 11.8 Å². The van der Waals surface area contributed by atoms with Crippen molar-refractivity contribution in [1.82, 2.24) is 0 Å². The molecule has 2 atom stereocenters. The first-order valence-corrected chi connectivity index (χ1v) is 5.43. The van der Waals surface area contributed by atoms with Crippen LogP contribution in [0.1, 0.15) is 46.5 Å². The molecule has 2 unspecified atom stereocenters. The molecule has 0 aromatic heterocycles. The molecular formula is C12H23N. The van der Waals surface area contributed by atoms with Crippen molar-refractivity contribution in [2.24, 2.45) is 17.6 Å². The minimum absolute atomic E-state index is 0.00846. The van der Waals surface area contributed by atoms with Gasteiger partial charge in [0.2, 0.25) is 0 Å². The first-order valence-electron chi connectivity index (χ1n) is 5.43. The van der Waals surface area contributed by atoms with Gasteiger partial charge in [-0.25, -0.2) is 0 Å². The van der Waals surface area contributed by atoms with Crippen LogP contribution in [0.5, 0.6) is 0 Å². The van der Waals surface area contributed by atoms with Crippen molar-refractivity contribution in [1.29, 1.82) is 0 Å². The molecule has 1 aliphatic carbocycles. The Morgan fingerprint density at radius 2 is 2.15 bits per heavy atom. The Kier molecular flexibility index (Phi) is 3.55. The second-order valence-electron chi connectivity index (χ2n) is 5.29. The Balaban J connectivity index is 2.29. The highest BCUT2D eigenvalue weighted by atomic mass is 14.7. The second kappa shape index (κ2) is 4.28. The molecule has 0 fully saturated rings. The molecule has 0 bridgehead atoms. The van der Waals surface area contributed by atoms with E-state index in [0.29, 0.717) is 0 Å². The number of nitrogens with two attached hydrogens (primary N) is 1. The molecule has 13 heavy (non-hydrogen) atoms. The molecule has 1 aliphatic rings. The molecule has 1 rings (SSSR count). The zero-order chi connectivity index (χ0) is 9.90. The molecular weight excluding hydrogens is 158 g/mol. The largest absolute Gasteiger partial charge is 0.326 e. The van der Waals surface area contributed by atoms with Gasteiger partial charge < -0.3 is 5.73 Å². The van der Waals surface area contributed by atoms with E-state index in [1.54, 1.807) is 0 Å². The molecule has 0 aliphatic heterocycles. The van der Waals surface area contributed by atoms with Crippen molar-refractivity contribution in [3.63, 3.8) is 0 Å². The molecule has 0 aromatic rings. The van der Waals surface area contributed by atoms with Crippen molar-refractivity contribution in [3.8, 4) is 0 Å². The Labute approximate surface area is 82.4 Å². The van der Waals surface area contributed by atoms with Gasteiger partial charge in [-0.3, -0.25) is 0 Å². The molecule has 0 aromatic carbocycles. The summed E-state index contributed by atoms with van der Waals surface area (Å²) in [4.78, 5) is 0. The lowest BCUT2D eigenvalue weighted by molar-refractivity contribution is 0.359. The van der Waals surface area contributed by atoms with Gasteiger partial charge >= 0.3 is 0 Å². The topological polar surface area (TPSA) is 26.0 Å². The van der Waals surface area contributed by atoms with Crippen LogP contribution in [-0.2, 0) is 0 Å². The van der Waals surface area contributed by atoms with Crippen LogP contribution in [0.15, 0.2) is 12.2 Å². The van der Waals surface area contributed by atoms with Gasteiger partial charge in [-0.15, -0.1) is 0 Å². The summed E-state index contributed by atoms with van der Waals surface area (Å²) >= 11 is 0. The van der Waals surface area contributed by atoms with Crippen LogP contribution in [0.25, 0.3) is 0 Å². The lowest BCUT2D eigenvalue weighted by Crippen LogP contribution is -2.32. The van der Waals surface area contributed by atoms with Gasteiger partial charge in [-0.1, -0.05) is 19.1 Å². The molecule has 0 spiro atoms. The fourth-order valence-corrected chi connectivity index (χ4v) is 1.97. The highest BCUT2D eigenvalue weighted by molar-refractivity contribution is 4.95. The molecule has 1 heteroatoms. The third-order valence-electron chi connectivity index (χ3n) is 2.81. The third kappa shape index (κ3) is 4.47. The number of allylic oxidation sites excluding steroid dienone is 2. The van der Waals surface area contributed by atoms with E-state index in [1.807, 2.05) is 0 Å². The van der Waals surface area contributed by atoms with E-state index in [-0.39, 0.29) is 5.54 Å². The van der Waals surface area contributed by atoms with E-state index in [1.165, 1.54) is 19.3 Å². The average Bonchev–Trinajstić information content (AvgIpc) is 2.00. The van der Waals surface area contributed by atoms with Crippen LogP contribution in [0.2, 0.25) is 0 Å². The second-order valence-corrected chi connectivity index (χ2v) is 5.29. The van der Waals surface area contributed by atoms with Gasteiger partial charge in [0, 0.05) is 5.54 Å². The number of hydrogen-bond donors (Lipinski definition) is 1. The molecule has 1 nitrogen and oxygen atoms in total. The summed E-state index contributed by atoms with van der Waals surface area (Å²) in [5.41, 5.74) is 5.97. The van der Waals surface area contributed by atoms with E-state index < -0.39 is 0 Å². The van der Waals surface area contributed by atoms with E-state index >= 15 is 0 Å². The molecule has 76 valence electrons. The fraction of sp³-hybridized carbons (Fsp3) is 0.833. The fourth-order valence-electron chi connectivity index (χ4n) is 1.97. The van der Waals surface area contributed by atoms with Crippen LogP contribution in [0.4, 0.5) is 0 Å². The predicted octanol–water partition coefficient (Wildman–Crippen LogP) is 3.11. The van der Waals surface area contributed by atoms with Crippen LogP contribution in [-0.4, -0.2) is 5.54 Å². The maximum Gasteiger partial charge on any atom is 0.00972 e. The van der Waals surface area contributed by atoms with E-state index in [2.05, 4.69) is 32.9 Å². The Bertz CT molecular complexity index is 176. The Hall–Kier alpha value is -0.300. The van der Waals surface area contributed by atoms with Gasteiger partial charge in [-0.2, -0.15) is 0 Å². The maximum atomic E-state index is 5.96.